The van der Waals surface area contributed by atoms with Crippen LogP contribution >= 0.6 is 0 Å². The minimum Gasteiger partial charge on any atom is -0.481 e. The van der Waals surface area contributed by atoms with Crippen LogP contribution < -0.4 is 15.0 Å². The molecule has 5 heteroatoms. The van der Waals surface area contributed by atoms with Crippen LogP contribution in [0.15, 0.2) is 6.33 Å². The lowest BCUT2D eigenvalue weighted by Crippen LogP contribution is -2.38. The average Bonchev–Trinajstić information content (AvgIpc) is 2.89. The lowest BCUT2D eigenvalue weighted by molar-refractivity contribution is 0.393. The first kappa shape index (κ1) is 13.1. The van der Waals surface area contributed by atoms with Crippen molar-refractivity contribution in [3.63, 3.8) is 0 Å². The van der Waals surface area contributed by atoms with Crippen LogP contribution in [0.2, 0.25) is 0 Å². The van der Waals surface area contributed by atoms with Crippen LogP contribution in [0.3, 0.4) is 0 Å². The Labute approximate surface area is 109 Å². The van der Waals surface area contributed by atoms with Gasteiger partial charge in [0.2, 0.25) is 5.88 Å². The van der Waals surface area contributed by atoms with Gasteiger partial charge in [0.05, 0.1) is 12.7 Å². The number of methoxy groups -OCH3 is 1. The second-order valence-corrected chi connectivity index (χ2v) is 4.66. The molecule has 1 atom stereocenters. The van der Waals surface area contributed by atoms with Crippen LogP contribution in [0.25, 0.3) is 0 Å². The second-order valence-electron chi connectivity index (χ2n) is 4.66. The van der Waals surface area contributed by atoms with E-state index in [0.717, 1.165) is 31.0 Å². The molecule has 1 aromatic rings. The smallest absolute Gasteiger partial charge is 0.221 e. The molecule has 18 heavy (non-hydrogen) atoms. The van der Waals surface area contributed by atoms with Crippen LogP contribution in [-0.4, -0.2) is 42.8 Å². The number of nitrogens with zero attached hydrogens (tertiary/aromatic N) is 3. The lowest BCUT2D eigenvalue weighted by Gasteiger charge is -2.27. The molecule has 1 unspecified atom stereocenters. The predicted molar refractivity (Wildman–Crippen MR) is 72.2 cm³/mol. The molecule has 1 saturated heterocycles. The molecule has 1 fully saturated rings. The number of nitrogens with one attached hydrogen (secondary N) is 1. The van der Waals surface area contributed by atoms with Crippen molar-refractivity contribution in [2.75, 3.05) is 31.6 Å². The number of aromatic nitrogens is 2. The number of rotatable bonds is 5. The molecule has 1 aromatic heterocycles. The minimum atomic E-state index is 0.574. The summed E-state index contributed by atoms with van der Waals surface area (Å²) in [5.41, 5.74) is 1.01. The van der Waals surface area contributed by atoms with E-state index in [4.69, 9.17) is 4.74 Å². The maximum atomic E-state index is 5.26. The van der Waals surface area contributed by atoms with Crippen LogP contribution in [0, 0.1) is 6.92 Å². The Hall–Kier alpha value is -1.36. The molecule has 0 bridgehead atoms. The van der Waals surface area contributed by atoms with Crippen LogP contribution in [0.4, 0.5) is 5.82 Å². The maximum absolute atomic E-state index is 5.26. The zero-order valence-electron chi connectivity index (χ0n) is 11.4. The molecule has 1 aliphatic rings. The monoisotopic (exact) mass is 250 g/mol. The summed E-state index contributed by atoms with van der Waals surface area (Å²) < 4.78 is 5.26. The van der Waals surface area contributed by atoms with E-state index in [-0.39, 0.29) is 0 Å². The minimum absolute atomic E-state index is 0.574. The molecule has 2 rings (SSSR count). The summed E-state index contributed by atoms with van der Waals surface area (Å²) in [6, 6.07) is 0.574. The van der Waals surface area contributed by atoms with Crippen molar-refractivity contribution in [3.8, 4) is 5.88 Å². The van der Waals surface area contributed by atoms with Gasteiger partial charge in [-0.05, 0) is 33.2 Å². The molecule has 0 radical (unpaired) electrons. The van der Waals surface area contributed by atoms with Gasteiger partial charge in [-0.1, -0.05) is 0 Å². The third-order valence-corrected chi connectivity index (χ3v) is 3.49. The maximum Gasteiger partial charge on any atom is 0.221 e. The largest absolute Gasteiger partial charge is 0.481 e. The molecule has 1 N–H and O–H groups in total. The third kappa shape index (κ3) is 2.72. The summed E-state index contributed by atoms with van der Waals surface area (Å²) in [4.78, 5) is 10.8. The number of hydrogen-bond acceptors (Lipinski definition) is 5. The fourth-order valence-corrected chi connectivity index (χ4v) is 2.49. The SMILES string of the molecule is CCN(CC1CCCN1)c1ncnc(OC)c1C. The standard InChI is InChI=1S/C13H22N4O/c1-4-17(8-11-6-5-7-14-11)12-10(2)13(18-3)16-9-15-12/h9,11,14H,4-8H2,1-3H3. The van der Waals surface area contributed by atoms with E-state index in [9.17, 15) is 0 Å². The highest BCUT2D eigenvalue weighted by molar-refractivity contribution is 5.50. The Morgan fingerprint density at radius 3 is 2.94 bits per heavy atom. The first-order valence-electron chi connectivity index (χ1n) is 6.60. The molecule has 0 amide bonds. The highest BCUT2D eigenvalue weighted by Gasteiger charge is 2.20. The number of likely N-dealkylation sites (N-methyl/N-ethyl adjacent to an activating group) is 1. The van der Waals surface area contributed by atoms with E-state index in [0.29, 0.717) is 11.9 Å². The molecule has 0 saturated carbocycles. The molecular weight excluding hydrogens is 228 g/mol. The Morgan fingerprint density at radius 2 is 2.33 bits per heavy atom. The molecule has 5 nitrogen and oxygen atoms in total. The van der Waals surface area contributed by atoms with Crippen molar-refractivity contribution in [3.05, 3.63) is 11.9 Å². The zero-order valence-corrected chi connectivity index (χ0v) is 11.4. The highest BCUT2D eigenvalue weighted by Crippen LogP contribution is 2.24. The molecule has 1 aliphatic heterocycles. The van der Waals surface area contributed by atoms with E-state index in [1.165, 1.54) is 12.8 Å². The molecule has 0 spiro atoms. The van der Waals surface area contributed by atoms with Crippen molar-refractivity contribution in [2.24, 2.45) is 0 Å². The number of ether oxygens (including phenoxy) is 1. The van der Waals surface area contributed by atoms with Crippen molar-refractivity contribution in [1.82, 2.24) is 15.3 Å². The second kappa shape index (κ2) is 6.00. The summed E-state index contributed by atoms with van der Waals surface area (Å²) in [6.45, 7) is 7.24. The average molecular weight is 250 g/mol. The third-order valence-electron chi connectivity index (χ3n) is 3.49. The van der Waals surface area contributed by atoms with Crippen molar-refractivity contribution < 1.29 is 4.74 Å². The molecular formula is C13H22N4O. The Bertz CT molecular complexity index is 391. The number of anilines is 1. The molecule has 2 heterocycles. The molecule has 100 valence electrons. The van der Waals surface area contributed by atoms with Crippen molar-refractivity contribution in [1.29, 1.82) is 0 Å². The van der Waals surface area contributed by atoms with E-state index >= 15 is 0 Å². The molecule has 0 aliphatic carbocycles. The van der Waals surface area contributed by atoms with E-state index in [1.54, 1.807) is 13.4 Å². The summed E-state index contributed by atoms with van der Waals surface area (Å²) in [5, 5.41) is 3.52. The van der Waals surface area contributed by atoms with E-state index in [2.05, 4.69) is 27.1 Å². The van der Waals surface area contributed by atoms with Gasteiger partial charge in [-0.15, -0.1) is 0 Å². The van der Waals surface area contributed by atoms with Gasteiger partial charge in [-0.25, -0.2) is 9.97 Å². The fourth-order valence-electron chi connectivity index (χ4n) is 2.49. The summed E-state index contributed by atoms with van der Waals surface area (Å²) >= 11 is 0. The van der Waals surface area contributed by atoms with E-state index < -0.39 is 0 Å². The first-order valence-corrected chi connectivity index (χ1v) is 6.60. The fraction of sp³-hybridized carbons (Fsp3) is 0.692. The Balaban J connectivity index is 2.15. The van der Waals surface area contributed by atoms with Gasteiger partial charge in [0.15, 0.2) is 0 Å². The summed E-state index contributed by atoms with van der Waals surface area (Å²) in [5.74, 6) is 1.65. The normalized spacial score (nSPS) is 18.9. The summed E-state index contributed by atoms with van der Waals surface area (Å²) in [7, 11) is 1.65. The topological polar surface area (TPSA) is 50.3 Å². The van der Waals surface area contributed by atoms with Gasteiger partial charge in [-0.2, -0.15) is 0 Å². The first-order chi connectivity index (χ1) is 8.76. The lowest BCUT2D eigenvalue weighted by atomic mass is 10.2. The highest BCUT2D eigenvalue weighted by atomic mass is 16.5. The Kier molecular flexibility index (Phi) is 4.36. The predicted octanol–water partition coefficient (Wildman–Crippen LogP) is 1.37. The Morgan fingerprint density at radius 1 is 1.50 bits per heavy atom. The quantitative estimate of drug-likeness (QED) is 0.855. The van der Waals surface area contributed by atoms with Crippen LogP contribution in [0.5, 0.6) is 5.88 Å². The van der Waals surface area contributed by atoms with Crippen molar-refractivity contribution in [2.45, 2.75) is 32.7 Å². The number of hydrogen-bond donors (Lipinski definition) is 1. The van der Waals surface area contributed by atoms with Gasteiger partial charge in [0.1, 0.15) is 12.1 Å². The van der Waals surface area contributed by atoms with Gasteiger partial charge in [-0.3, -0.25) is 0 Å². The van der Waals surface area contributed by atoms with Crippen LogP contribution in [-0.2, 0) is 0 Å². The van der Waals surface area contributed by atoms with Crippen LogP contribution in [0.1, 0.15) is 25.3 Å². The van der Waals surface area contributed by atoms with Gasteiger partial charge in [0.25, 0.3) is 0 Å². The zero-order chi connectivity index (χ0) is 13.0. The summed E-state index contributed by atoms with van der Waals surface area (Å²) in [6.07, 6.45) is 4.10. The van der Waals surface area contributed by atoms with Gasteiger partial charge in [0, 0.05) is 19.1 Å². The van der Waals surface area contributed by atoms with Crippen molar-refractivity contribution >= 4 is 5.82 Å². The van der Waals surface area contributed by atoms with Gasteiger partial charge >= 0.3 is 0 Å². The van der Waals surface area contributed by atoms with Gasteiger partial charge < -0.3 is 15.0 Å². The van der Waals surface area contributed by atoms with E-state index in [1.807, 2.05) is 6.92 Å². The molecule has 0 aromatic carbocycles.